The van der Waals surface area contributed by atoms with Crippen molar-refractivity contribution in [2.75, 3.05) is 0 Å². The summed E-state index contributed by atoms with van der Waals surface area (Å²) in [4.78, 5) is 0. The summed E-state index contributed by atoms with van der Waals surface area (Å²) in [6, 6.07) is 8.60. The number of furan rings is 1. The number of aryl methyl sites for hydroxylation is 2. The highest BCUT2D eigenvalue weighted by Gasteiger charge is 2.20. The molecule has 19 heavy (non-hydrogen) atoms. The summed E-state index contributed by atoms with van der Waals surface area (Å²) in [6.45, 7) is 6.07. The van der Waals surface area contributed by atoms with Crippen LogP contribution in [0.5, 0.6) is 0 Å². The molecule has 0 amide bonds. The molecule has 1 aromatic heterocycles. The number of nitrogens with one attached hydrogen (secondary N) is 1. The van der Waals surface area contributed by atoms with Crippen LogP contribution in [-0.2, 0) is 6.42 Å². The van der Waals surface area contributed by atoms with Gasteiger partial charge < -0.3 is 4.42 Å². The molecule has 0 bridgehead atoms. The minimum Gasteiger partial charge on any atom is -0.466 e. The van der Waals surface area contributed by atoms with Gasteiger partial charge in [0.05, 0.1) is 6.04 Å². The van der Waals surface area contributed by atoms with Crippen molar-refractivity contribution in [2.45, 2.75) is 33.2 Å². The van der Waals surface area contributed by atoms with E-state index in [1.807, 2.05) is 13.8 Å². The Morgan fingerprint density at radius 2 is 1.79 bits per heavy atom. The van der Waals surface area contributed by atoms with Gasteiger partial charge in [-0.25, -0.2) is 0 Å². The second-order valence-electron chi connectivity index (χ2n) is 4.80. The highest BCUT2D eigenvalue weighted by atomic mass is 127. The third-order valence-electron chi connectivity index (χ3n) is 3.52. The van der Waals surface area contributed by atoms with Crippen LogP contribution in [0.25, 0.3) is 0 Å². The summed E-state index contributed by atoms with van der Waals surface area (Å²) in [6.07, 6.45) is 0.855. The van der Waals surface area contributed by atoms with Gasteiger partial charge in [0.25, 0.3) is 0 Å². The highest BCUT2D eigenvalue weighted by molar-refractivity contribution is 14.1. The van der Waals surface area contributed by atoms with Crippen LogP contribution in [0.4, 0.5) is 0 Å². The first-order valence-corrected chi connectivity index (χ1v) is 7.38. The van der Waals surface area contributed by atoms with Crippen LogP contribution in [0.1, 0.15) is 34.3 Å². The molecule has 1 heterocycles. The lowest BCUT2D eigenvalue weighted by atomic mass is 9.96. The summed E-state index contributed by atoms with van der Waals surface area (Å²) >= 11 is 2.31. The van der Waals surface area contributed by atoms with Crippen molar-refractivity contribution < 1.29 is 4.42 Å². The fourth-order valence-corrected chi connectivity index (χ4v) is 2.78. The molecule has 102 valence electrons. The molecule has 0 saturated carbocycles. The van der Waals surface area contributed by atoms with Gasteiger partial charge in [0.2, 0.25) is 0 Å². The maximum absolute atomic E-state index is 5.74. The minimum atomic E-state index is 0.0810. The largest absolute Gasteiger partial charge is 0.466 e. The smallest absolute Gasteiger partial charge is 0.106 e. The van der Waals surface area contributed by atoms with E-state index < -0.39 is 0 Å². The summed E-state index contributed by atoms with van der Waals surface area (Å²) in [5, 5.41) is 0. The molecule has 3 nitrogen and oxygen atoms in total. The molecule has 0 radical (unpaired) electrons. The molecule has 0 spiro atoms. The molecule has 1 aromatic carbocycles. The first-order valence-electron chi connectivity index (χ1n) is 6.30. The van der Waals surface area contributed by atoms with Gasteiger partial charge in [0, 0.05) is 9.13 Å². The standard InChI is InChI=1S/C15H19IN2O/c1-9-10(2)19-11(3)15(9)14(18-17)8-12-4-6-13(16)7-5-12/h4-7,14,18H,8,17H2,1-3H3. The topological polar surface area (TPSA) is 51.2 Å². The molecular weight excluding hydrogens is 351 g/mol. The monoisotopic (exact) mass is 370 g/mol. The van der Waals surface area contributed by atoms with Crippen LogP contribution in [0.2, 0.25) is 0 Å². The van der Waals surface area contributed by atoms with E-state index in [4.69, 9.17) is 10.3 Å². The van der Waals surface area contributed by atoms with Crippen LogP contribution in [0.3, 0.4) is 0 Å². The summed E-state index contributed by atoms with van der Waals surface area (Å²) in [5.74, 6) is 7.65. The Morgan fingerprint density at radius 1 is 1.16 bits per heavy atom. The third kappa shape index (κ3) is 3.19. The number of rotatable bonds is 4. The minimum absolute atomic E-state index is 0.0810. The van der Waals surface area contributed by atoms with E-state index in [0.717, 1.165) is 17.9 Å². The Balaban J connectivity index is 2.27. The number of nitrogens with two attached hydrogens (primary N) is 1. The molecule has 1 atom stereocenters. The SMILES string of the molecule is Cc1oc(C)c(C(Cc2ccc(I)cc2)NN)c1C. The van der Waals surface area contributed by atoms with Gasteiger partial charge >= 0.3 is 0 Å². The average molecular weight is 370 g/mol. The Bertz CT molecular complexity index is 560. The summed E-state index contributed by atoms with van der Waals surface area (Å²) < 4.78 is 6.93. The van der Waals surface area contributed by atoms with Gasteiger partial charge in [-0.2, -0.15) is 0 Å². The molecule has 0 aliphatic carbocycles. The zero-order chi connectivity index (χ0) is 14.0. The second-order valence-corrected chi connectivity index (χ2v) is 6.05. The van der Waals surface area contributed by atoms with E-state index in [2.05, 4.69) is 59.2 Å². The quantitative estimate of drug-likeness (QED) is 0.492. The van der Waals surface area contributed by atoms with Crippen molar-refractivity contribution in [3.05, 3.63) is 56.0 Å². The van der Waals surface area contributed by atoms with E-state index in [1.54, 1.807) is 0 Å². The molecule has 0 fully saturated rings. The van der Waals surface area contributed by atoms with Gasteiger partial charge in [0.15, 0.2) is 0 Å². The number of hydrazine groups is 1. The molecule has 2 rings (SSSR count). The molecule has 0 aliphatic heterocycles. The normalized spacial score (nSPS) is 12.7. The maximum Gasteiger partial charge on any atom is 0.106 e. The number of hydrogen-bond donors (Lipinski definition) is 2. The Morgan fingerprint density at radius 3 is 2.26 bits per heavy atom. The van der Waals surface area contributed by atoms with Crippen LogP contribution in [-0.4, -0.2) is 0 Å². The fourth-order valence-electron chi connectivity index (χ4n) is 2.42. The first-order chi connectivity index (χ1) is 9.02. The molecule has 4 heteroatoms. The van der Waals surface area contributed by atoms with Crippen molar-refractivity contribution in [1.82, 2.24) is 5.43 Å². The Kier molecular flexibility index (Phi) is 4.65. The highest BCUT2D eigenvalue weighted by Crippen LogP contribution is 2.29. The van der Waals surface area contributed by atoms with Crippen LogP contribution in [0.15, 0.2) is 28.7 Å². The van der Waals surface area contributed by atoms with Crippen LogP contribution < -0.4 is 11.3 Å². The zero-order valence-corrected chi connectivity index (χ0v) is 13.6. The fraction of sp³-hybridized carbons (Fsp3) is 0.333. The summed E-state index contributed by atoms with van der Waals surface area (Å²) in [7, 11) is 0. The van der Waals surface area contributed by atoms with Gasteiger partial charge in [-0.05, 0) is 73.0 Å². The number of hydrogen-bond acceptors (Lipinski definition) is 3. The molecule has 0 saturated heterocycles. The number of benzene rings is 1. The molecule has 1 unspecified atom stereocenters. The molecular formula is C15H19IN2O. The summed E-state index contributed by atoms with van der Waals surface area (Å²) in [5.41, 5.74) is 6.54. The van der Waals surface area contributed by atoms with Crippen molar-refractivity contribution in [3.8, 4) is 0 Å². The van der Waals surface area contributed by atoms with E-state index >= 15 is 0 Å². The predicted molar refractivity (Wildman–Crippen MR) is 85.8 cm³/mol. The van der Waals surface area contributed by atoms with Crippen molar-refractivity contribution >= 4 is 22.6 Å². The molecule has 0 aliphatic rings. The second kappa shape index (κ2) is 6.07. The molecule has 2 aromatic rings. The van der Waals surface area contributed by atoms with E-state index in [-0.39, 0.29) is 6.04 Å². The predicted octanol–water partition coefficient (Wildman–Crippen LogP) is 3.56. The van der Waals surface area contributed by atoms with Crippen molar-refractivity contribution in [3.63, 3.8) is 0 Å². The van der Waals surface area contributed by atoms with Gasteiger partial charge in [0.1, 0.15) is 11.5 Å². The lowest BCUT2D eigenvalue weighted by Gasteiger charge is -2.17. The lowest BCUT2D eigenvalue weighted by molar-refractivity contribution is 0.484. The maximum atomic E-state index is 5.74. The zero-order valence-electron chi connectivity index (χ0n) is 11.5. The molecule has 3 N–H and O–H groups in total. The number of halogens is 1. The Labute approximate surface area is 127 Å². The van der Waals surface area contributed by atoms with Crippen LogP contribution >= 0.6 is 22.6 Å². The average Bonchev–Trinajstić information content (AvgIpc) is 2.63. The first kappa shape index (κ1) is 14.6. The Hall–Kier alpha value is -0.850. The van der Waals surface area contributed by atoms with E-state index in [0.29, 0.717) is 0 Å². The van der Waals surface area contributed by atoms with Gasteiger partial charge in [-0.1, -0.05) is 12.1 Å². The van der Waals surface area contributed by atoms with E-state index in [9.17, 15) is 0 Å². The van der Waals surface area contributed by atoms with E-state index in [1.165, 1.54) is 20.3 Å². The third-order valence-corrected chi connectivity index (χ3v) is 4.24. The van der Waals surface area contributed by atoms with Gasteiger partial charge in [-0.15, -0.1) is 0 Å². The van der Waals surface area contributed by atoms with Crippen molar-refractivity contribution in [2.24, 2.45) is 5.84 Å². The van der Waals surface area contributed by atoms with Crippen molar-refractivity contribution in [1.29, 1.82) is 0 Å². The van der Waals surface area contributed by atoms with Crippen LogP contribution in [0, 0.1) is 24.3 Å². The van der Waals surface area contributed by atoms with Gasteiger partial charge in [-0.3, -0.25) is 11.3 Å². The lowest BCUT2D eigenvalue weighted by Crippen LogP contribution is -2.30.